The Morgan fingerprint density at radius 1 is 0.788 bits per heavy atom. The topological polar surface area (TPSA) is 31.4 Å². The first-order valence-corrected chi connectivity index (χ1v) is 11.9. The molecule has 0 unspecified atom stereocenters. The molecule has 4 aromatic rings. The van der Waals surface area contributed by atoms with Gasteiger partial charge in [0.15, 0.2) is 0 Å². The predicted molar refractivity (Wildman–Crippen MR) is 141 cm³/mol. The van der Waals surface area contributed by atoms with Crippen LogP contribution in [-0.2, 0) is 0 Å². The molecular weight excluding hydrogens is 404 g/mol. The molecule has 1 saturated heterocycles. The Bertz CT molecular complexity index is 1220. The van der Waals surface area contributed by atoms with Gasteiger partial charge in [0, 0.05) is 54.8 Å². The van der Waals surface area contributed by atoms with Gasteiger partial charge in [0.1, 0.15) is 0 Å². The van der Waals surface area contributed by atoms with E-state index in [1.165, 1.54) is 22.4 Å². The van der Waals surface area contributed by atoms with Crippen molar-refractivity contribution in [1.29, 1.82) is 0 Å². The monoisotopic (exact) mass is 436 g/mol. The van der Waals surface area contributed by atoms with E-state index in [1.807, 2.05) is 6.20 Å². The maximum absolute atomic E-state index is 4.59. The highest BCUT2D eigenvalue weighted by molar-refractivity contribution is 5.95. The third kappa shape index (κ3) is 4.71. The number of rotatable bonds is 5. The van der Waals surface area contributed by atoms with Gasteiger partial charge in [-0.1, -0.05) is 44.2 Å². The first-order chi connectivity index (χ1) is 16.1. The Morgan fingerprint density at radius 3 is 2.18 bits per heavy atom. The van der Waals surface area contributed by atoms with Crippen LogP contribution in [0, 0.1) is 0 Å². The predicted octanol–water partition coefficient (Wildman–Crippen LogP) is 6.52. The molecule has 2 heterocycles. The number of nitrogens with zero attached hydrogens (tertiary/aromatic N) is 3. The molecule has 1 fully saturated rings. The van der Waals surface area contributed by atoms with Crippen LogP contribution in [0.2, 0.25) is 0 Å². The molecule has 0 saturated carbocycles. The van der Waals surface area contributed by atoms with Gasteiger partial charge in [0.05, 0.1) is 5.52 Å². The highest BCUT2D eigenvalue weighted by atomic mass is 15.2. The Labute approximate surface area is 196 Å². The number of fused-ring (bicyclic) bond motifs is 1. The smallest absolute Gasteiger partial charge is 0.0723 e. The van der Waals surface area contributed by atoms with Gasteiger partial charge < -0.3 is 15.1 Å². The SMILES string of the molecule is CC(C)c1ccc(-c2ccc3nccc(Nc4ccc(N5CCN(C)CC5)cc4)c3c2)cc1. The van der Waals surface area contributed by atoms with Crippen LogP contribution in [0.15, 0.2) is 79.0 Å². The first kappa shape index (κ1) is 21.5. The summed E-state index contributed by atoms with van der Waals surface area (Å²) in [5, 5.41) is 4.75. The summed E-state index contributed by atoms with van der Waals surface area (Å²) in [6.45, 7) is 8.86. The fraction of sp³-hybridized carbons (Fsp3) is 0.276. The maximum atomic E-state index is 4.59. The zero-order valence-corrected chi connectivity index (χ0v) is 19.8. The van der Waals surface area contributed by atoms with E-state index in [4.69, 9.17) is 0 Å². The lowest BCUT2D eigenvalue weighted by Crippen LogP contribution is -2.44. The van der Waals surface area contributed by atoms with Gasteiger partial charge in [-0.15, -0.1) is 0 Å². The number of nitrogens with one attached hydrogen (secondary N) is 1. The van der Waals surface area contributed by atoms with Crippen LogP contribution in [0.25, 0.3) is 22.0 Å². The van der Waals surface area contributed by atoms with Gasteiger partial charge in [-0.25, -0.2) is 0 Å². The van der Waals surface area contributed by atoms with Crippen LogP contribution < -0.4 is 10.2 Å². The fourth-order valence-corrected chi connectivity index (χ4v) is 4.47. The molecule has 0 spiro atoms. The average Bonchev–Trinajstić information content (AvgIpc) is 2.85. The van der Waals surface area contributed by atoms with Crippen LogP contribution in [0.3, 0.4) is 0 Å². The Morgan fingerprint density at radius 2 is 1.48 bits per heavy atom. The Hall–Kier alpha value is -3.37. The summed E-state index contributed by atoms with van der Waals surface area (Å²) in [4.78, 5) is 9.43. The average molecular weight is 437 g/mol. The molecule has 1 aromatic heterocycles. The molecule has 168 valence electrons. The number of aromatic nitrogens is 1. The molecule has 1 aliphatic heterocycles. The summed E-state index contributed by atoms with van der Waals surface area (Å²) in [5.74, 6) is 0.540. The van der Waals surface area contributed by atoms with E-state index < -0.39 is 0 Å². The van der Waals surface area contributed by atoms with Crippen molar-refractivity contribution in [1.82, 2.24) is 9.88 Å². The van der Waals surface area contributed by atoms with E-state index in [2.05, 4.69) is 114 Å². The van der Waals surface area contributed by atoms with Gasteiger partial charge in [0.2, 0.25) is 0 Å². The third-order valence-electron chi connectivity index (χ3n) is 6.67. The van der Waals surface area contributed by atoms with Crippen LogP contribution in [0.5, 0.6) is 0 Å². The van der Waals surface area contributed by atoms with E-state index in [-0.39, 0.29) is 0 Å². The van der Waals surface area contributed by atoms with Gasteiger partial charge in [0.25, 0.3) is 0 Å². The molecule has 0 atom stereocenters. The minimum absolute atomic E-state index is 0.540. The number of piperazine rings is 1. The molecule has 1 aliphatic rings. The Kier molecular flexibility index (Phi) is 6.01. The molecule has 33 heavy (non-hydrogen) atoms. The molecular formula is C29H32N4. The molecule has 4 nitrogen and oxygen atoms in total. The highest BCUT2D eigenvalue weighted by Gasteiger charge is 2.14. The normalized spacial score (nSPS) is 14.7. The number of benzene rings is 3. The van der Waals surface area contributed by atoms with E-state index in [1.54, 1.807) is 0 Å². The molecule has 0 aliphatic carbocycles. The first-order valence-electron chi connectivity index (χ1n) is 11.9. The van der Waals surface area contributed by atoms with Crippen LogP contribution >= 0.6 is 0 Å². The number of anilines is 3. The van der Waals surface area contributed by atoms with Crippen molar-refractivity contribution in [2.24, 2.45) is 0 Å². The number of likely N-dealkylation sites (N-methyl/N-ethyl adjacent to an activating group) is 1. The second-order valence-corrected chi connectivity index (χ2v) is 9.33. The molecule has 0 radical (unpaired) electrons. The van der Waals surface area contributed by atoms with Crippen molar-refractivity contribution in [2.45, 2.75) is 19.8 Å². The quantitative estimate of drug-likeness (QED) is 0.386. The van der Waals surface area contributed by atoms with Gasteiger partial charge in [-0.3, -0.25) is 4.98 Å². The maximum Gasteiger partial charge on any atom is 0.0723 e. The third-order valence-corrected chi connectivity index (χ3v) is 6.67. The van der Waals surface area contributed by atoms with E-state index >= 15 is 0 Å². The molecule has 3 aromatic carbocycles. The van der Waals surface area contributed by atoms with E-state index in [0.717, 1.165) is 48.5 Å². The van der Waals surface area contributed by atoms with Crippen LogP contribution in [0.4, 0.5) is 17.1 Å². The van der Waals surface area contributed by atoms with Crippen LogP contribution in [0.1, 0.15) is 25.3 Å². The Balaban J connectivity index is 1.39. The lowest BCUT2D eigenvalue weighted by atomic mass is 9.98. The number of pyridine rings is 1. The minimum atomic E-state index is 0.540. The summed E-state index contributed by atoms with van der Waals surface area (Å²) in [5.41, 5.74) is 8.26. The highest BCUT2D eigenvalue weighted by Crippen LogP contribution is 2.31. The van der Waals surface area contributed by atoms with Crippen molar-refractivity contribution >= 4 is 28.0 Å². The summed E-state index contributed by atoms with van der Waals surface area (Å²) in [6, 6.07) is 26.3. The van der Waals surface area contributed by atoms with Crippen molar-refractivity contribution in [2.75, 3.05) is 43.4 Å². The summed E-state index contributed by atoms with van der Waals surface area (Å²) in [6.07, 6.45) is 1.88. The number of hydrogen-bond acceptors (Lipinski definition) is 4. The lowest BCUT2D eigenvalue weighted by Gasteiger charge is -2.34. The summed E-state index contributed by atoms with van der Waals surface area (Å²) < 4.78 is 0. The molecule has 1 N–H and O–H groups in total. The molecule has 0 bridgehead atoms. The van der Waals surface area contributed by atoms with Crippen molar-refractivity contribution in [3.8, 4) is 11.1 Å². The zero-order valence-electron chi connectivity index (χ0n) is 19.8. The molecule has 4 heteroatoms. The summed E-state index contributed by atoms with van der Waals surface area (Å²) in [7, 11) is 2.19. The molecule has 0 amide bonds. The number of hydrogen-bond donors (Lipinski definition) is 1. The lowest BCUT2D eigenvalue weighted by molar-refractivity contribution is 0.313. The van der Waals surface area contributed by atoms with E-state index in [9.17, 15) is 0 Å². The van der Waals surface area contributed by atoms with Gasteiger partial charge in [-0.05, 0) is 72.1 Å². The molecule has 5 rings (SSSR count). The van der Waals surface area contributed by atoms with Gasteiger partial charge >= 0.3 is 0 Å². The van der Waals surface area contributed by atoms with Crippen molar-refractivity contribution < 1.29 is 0 Å². The van der Waals surface area contributed by atoms with Gasteiger partial charge in [-0.2, -0.15) is 0 Å². The standard InChI is InChI=1S/C29H32N4/c1-21(2)22-4-6-23(7-5-22)24-8-13-28-27(20-24)29(14-15-30-28)31-25-9-11-26(12-10-25)33-18-16-32(3)17-19-33/h4-15,20-21H,16-19H2,1-3H3,(H,30,31). The van der Waals surface area contributed by atoms with E-state index in [0.29, 0.717) is 5.92 Å². The van der Waals surface area contributed by atoms with Crippen molar-refractivity contribution in [3.63, 3.8) is 0 Å². The second-order valence-electron chi connectivity index (χ2n) is 9.33. The minimum Gasteiger partial charge on any atom is -0.369 e. The largest absolute Gasteiger partial charge is 0.369 e. The van der Waals surface area contributed by atoms with Crippen LogP contribution in [-0.4, -0.2) is 43.1 Å². The van der Waals surface area contributed by atoms with Crippen molar-refractivity contribution in [3.05, 3.63) is 84.6 Å². The zero-order chi connectivity index (χ0) is 22.8. The second kappa shape index (κ2) is 9.24. The summed E-state index contributed by atoms with van der Waals surface area (Å²) >= 11 is 0. The fourth-order valence-electron chi connectivity index (χ4n) is 4.47.